The first-order valence-electron chi connectivity index (χ1n) is 5.42. The van der Waals surface area contributed by atoms with Crippen molar-refractivity contribution in [3.63, 3.8) is 0 Å². The highest BCUT2D eigenvalue weighted by atomic mass is 35.5. The van der Waals surface area contributed by atoms with Gasteiger partial charge in [0, 0.05) is 17.2 Å². The summed E-state index contributed by atoms with van der Waals surface area (Å²) in [5.41, 5.74) is 0. The van der Waals surface area contributed by atoms with Crippen LogP contribution in [0.5, 0.6) is 0 Å². The first kappa shape index (κ1) is 11.7. The first-order chi connectivity index (χ1) is 7.65. The summed E-state index contributed by atoms with van der Waals surface area (Å²) in [5.74, 6) is 0.369. The van der Waals surface area contributed by atoms with Gasteiger partial charge in [-0.15, -0.1) is 58.0 Å². The number of alkyl halides is 7. The van der Waals surface area contributed by atoms with Gasteiger partial charge in [-0.2, -0.15) is 0 Å². The number of rotatable bonds is 0. The summed E-state index contributed by atoms with van der Waals surface area (Å²) in [6.07, 6.45) is 0. The molecule has 7 heteroatoms. The van der Waals surface area contributed by atoms with Crippen LogP contribution < -0.4 is 0 Å². The Morgan fingerprint density at radius 3 is 1.41 bits per heavy atom. The number of halogens is 7. The largest absolute Gasteiger partial charge is 0.160 e. The van der Waals surface area contributed by atoms with Gasteiger partial charge >= 0.3 is 0 Å². The molecule has 6 aliphatic carbocycles. The molecule has 0 aromatic carbocycles. The van der Waals surface area contributed by atoms with E-state index in [4.69, 9.17) is 81.2 Å². The molecule has 0 heterocycles. The van der Waals surface area contributed by atoms with Crippen LogP contribution >= 0.6 is 81.2 Å². The Bertz CT molecular complexity index is 500. The maximum absolute atomic E-state index is 6.76. The van der Waals surface area contributed by atoms with E-state index in [0.717, 1.165) is 0 Å². The van der Waals surface area contributed by atoms with Crippen molar-refractivity contribution in [1.29, 1.82) is 0 Å². The van der Waals surface area contributed by atoms with E-state index in [2.05, 4.69) is 0 Å². The van der Waals surface area contributed by atoms with Crippen molar-refractivity contribution in [3.8, 4) is 0 Å². The van der Waals surface area contributed by atoms with Gasteiger partial charge in [-0.3, -0.25) is 0 Å². The highest BCUT2D eigenvalue weighted by molar-refractivity contribution is 6.66. The van der Waals surface area contributed by atoms with Gasteiger partial charge in [0.1, 0.15) is 9.75 Å². The van der Waals surface area contributed by atoms with Gasteiger partial charge in [-0.1, -0.05) is 23.2 Å². The lowest BCUT2D eigenvalue weighted by molar-refractivity contribution is -0.106. The predicted octanol–water partition coefficient (Wildman–Crippen LogP) is 4.21. The number of hydrogen-bond acceptors (Lipinski definition) is 0. The molecule has 0 nitrogen and oxygen atoms in total. The first-order valence-corrected chi connectivity index (χ1v) is 8.13. The van der Waals surface area contributed by atoms with Crippen LogP contribution in [0, 0.1) is 23.7 Å². The lowest BCUT2D eigenvalue weighted by Crippen LogP contribution is -2.88. The molecule has 0 saturated heterocycles. The highest BCUT2D eigenvalue weighted by Gasteiger charge is 3.14. The Morgan fingerprint density at radius 2 is 0.882 bits per heavy atom. The minimum absolute atomic E-state index is 0.0357. The van der Waals surface area contributed by atoms with Crippen LogP contribution in [0.2, 0.25) is 0 Å². The quantitative estimate of drug-likeness (QED) is 0.558. The minimum atomic E-state index is -1.32. The molecule has 0 spiro atoms. The smallest absolute Gasteiger partial charge is 0.122 e. The second-order valence-electron chi connectivity index (χ2n) is 5.97. The molecule has 6 rings (SSSR count). The van der Waals surface area contributed by atoms with Gasteiger partial charge in [0.25, 0.3) is 0 Å². The van der Waals surface area contributed by atoms with Gasteiger partial charge in [-0.05, 0) is 11.8 Å². The van der Waals surface area contributed by atoms with E-state index >= 15 is 0 Å². The van der Waals surface area contributed by atoms with Crippen LogP contribution in [-0.4, -0.2) is 29.2 Å². The highest BCUT2D eigenvalue weighted by Crippen LogP contribution is 3.03. The summed E-state index contributed by atoms with van der Waals surface area (Å²) in [5, 5.41) is -0.119. The third-order valence-electron chi connectivity index (χ3n) is 6.19. The minimum Gasteiger partial charge on any atom is -0.122 e. The average molecular weight is 373 g/mol. The van der Waals surface area contributed by atoms with Crippen LogP contribution in [-0.2, 0) is 0 Å². The van der Waals surface area contributed by atoms with Crippen molar-refractivity contribution >= 4 is 81.2 Å². The molecule has 94 valence electrons. The van der Waals surface area contributed by atoms with E-state index in [-0.39, 0.29) is 29.0 Å². The van der Waals surface area contributed by atoms with E-state index < -0.39 is 23.8 Å². The average Bonchev–Trinajstić information content (AvgIpc) is 2.64. The van der Waals surface area contributed by atoms with Crippen LogP contribution in [0.15, 0.2) is 0 Å². The third kappa shape index (κ3) is 0.559. The van der Waals surface area contributed by atoms with E-state index in [0.29, 0.717) is 0 Å². The van der Waals surface area contributed by atoms with Crippen molar-refractivity contribution in [3.05, 3.63) is 0 Å². The van der Waals surface area contributed by atoms with Gasteiger partial charge in [0.15, 0.2) is 4.33 Å². The van der Waals surface area contributed by atoms with Gasteiger partial charge in [0.2, 0.25) is 0 Å². The normalized spacial score (nSPS) is 83.8. The predicted molar refractivity (Wildman–Crippen MR) is 72.4 cm³/mol. The maximum atomic E-state index is 6.76. The van der Waals surface area contributed by atoms with Crippen LogP contribution in [0.25, 0.3) is 0 Å². The fraction of sp³-hybridized carbons (Fsp3) is 1.00. The maximum Gasteiger partial charge on any atom is 0.160 e. The van der Waals surface area contributed by atoms with Crippen molar-refractivity contribution in [2.75, 3.05) is 0 Å². The summed E-state index contributed by atoms with van der Waals surface area (Å²) in [4.78, 5) is -3.62. The summed E-state index contributed by atoms with van der Waals surface area (Å²) in [7, 11) is 0. The molecule has 0 aromatic rings. The monoisotopic (exact) mass is 370 g/mol. The molecule has 6 aliphatic rings. The Hall–Kier alpha value is 2.03. The zero-order valence-corrected chi connectivity index (χ0v) is 13.3. The Morgan fingerprint density at radius 1 is 0.529 bits per heavy atom. The second-order valence-corrected chi connectivity index (χ2v) is 10.2. The van der Waals surface area contributed by atoms with Gasteiger partial charge in [0.05, 0.1) is 9.75 Å². The standard InChI is InChI=1S/C10H5Cl7/c11-5-3-1-2-4(5)9(15)7(3,13)6(1,12)8(2,14)10(9,16)17/h1-5H. The molecule has 0 aromatic heterocycles. The van der Waals surface area contributed by atoms with Gasteiger partial charge in [-0.25, -0.2) is 0 Å². The van der Waals surface area contributed by atoms with Crippen molar-refractivity contribution in [2.24, 2.45) is 23.7 Å². The van der Waals surface area contributed by atoms with Crippen molar-refractivity contribution < 1.29 is 0 Å². The second kappa shape index (κ2) is 2.36. The molecule has 17 heavy (non-hydrogen) atoms. The summed E-state index contributed by atoms with van der Waals surface area (Å²) >= 11 is 46.4. The Balaban J connectivity index is 1.95. The topological polar surface area (TPSA) is 0 Å². The third-order valence-corrected chi connectivity index (χ3v) is 12.0. The van der Waals surface area contributed by atoms with E-state index in [1.807, 2.05) is 0 Å². The molecule has 9 unspecified atom stereocenters. The zero-order chi connectivity index (χ0) is 12.4. The molecule has 6 saturated carbocycles. The fourth-order valence-corrected chi connectivity index (χ4v) is 11.2. The molecular formula is C10H5Cl7. The number of hydrogen-bond donors (Lipinski definition) is 0. The summed E-state index contributed by atoms with van der Waals surface area (Å²) in [6, 6.07) is 0. The molecule has 0 radical (unpaired) electrons. The van der Waals surface area contributed by atoms with Crippen LogP contribution in [0.1, 0.15) is 0 Å². The summed E-state index contributed by atoms with van der Waals surface area (Å²) < 4.78 is -1.32. The fourth-order valence-electron chi connectivity index (χ4n) is 5.92. The van der Waals surface area contributed by atoms with E-state index in [1.54, 1.807) is 0 Å². The zero-order valence-electron chi connectivity index (χ0n) is 8.03. The lowest BCUT2D eigenvalue weighted by atomic mass is 9.39. The lowest BCUT2D eigenvalue weighted by Gasteiger charge is -2.76. The molecular weight excluding hydrogens is 368 g/mol. The Kier molecular flexibility index (Phi) is 1.62. The van der Waals surface area contributed by atoms with Gasteiger partial charge < -0.3 is 0 Å². The van der Waals surface area contributed by atoms with E-state index in [9.17, 15) is 0 Å². The van der Waals surface area contributed by atoms with Crippen LogP contribution in [0.3, 0.4) is 0 Å². The van der Waals surface area contributed by atoms with Crippen molar-refractivity contribution in [2.45, 2.75) is 29.2 Å². The summed E-state index contributed by atoms with van der Waals surface area (Å²) in [6.45, 7) is 0. The van der Waals surface area contributed by atoms with Crippen LogP contribution in [0.4, 0.5) is 0 Å². The molecule has 6 fully saturated rings. The molecule has 0 N–H and O–H groups in total. The Labute approximate surface area is 133 Å². The SMILES string of the molecule is ClC1C2C3C4C1C1(Cl)C2(Cl)C(Cl)(Cl)C3(Cl)C41Cl. The molecule has 0 amide bonds. The molecule has 4 bridgehead atoms. The molecule has 0 aliphatic heterocycles. The van der Waals surface area contributed by atoms with Crippen molar-refractivity contribution in [1.82, 2.24) is 0 Å². The van der Waals surface area contributed by atoms with E-state index in [1.165, 1.54) is 0 Å². The molecule has 9 atom stereocenters.